The second-order valence-electron chi connectivity index (χ2n) is 5.72. The summed E-state index contributed by atoms with van der Waals surface area (Å²) in [5.74, 6) is 1.73. The molecule has 1 saturated heterocycles. The van der Waals surface area contributed by atoms with E-state index in [9.17, 15) is 0 Å². The van der Waals surface area contributed by atoms with Crippen molar-refractivity contribution in [1.82, 2.24) is 5.32 Å². The number of anilines is 2. The van der Waals surface area contributed by atoms with Gasteiger partial charge < -0.3 is 19.9 Å². The molecule has 4 heteroatoms. The minimum Gasteiger partial charge on any atom is -0.457 e. The Morgan fingerprint density at radius 3 is 2.36 bits per heavy atom. The minimum atomic E-state index is 0.862. The topological polar surface area (TPSA) is 27.7 Å². The lowest BCUT2D eigenvalue weighted by Gasteiger charge is -2.29. The monoisotopic (exact) mass is 297 g/mol. The van der Waals surface area contributed by atoms with Gasteiger partial charge in [0.2, 0.25) is 0 Å². The molecule has 4 nitrogen and oxygen atoms in total. The molecule has 0 spiro atoms. The average molecular weight is 297 g/mol. The van der Waals surface area contributed by atoms with Crippen LogP contribution < -0.4 is 19.9 Å². The molecule has 1 N–H and O–H groups in total. The normalized spacial score (nSPS) is 14.7. The Balaban J connectivity index is 1.69. The molecule has 1 aliphatic rings. The second kappa shape index (κ2) is 6.71. The predicted molar refractivity (Wildman–Crippen MR) is 92.4 cm³/mol. The van der Waals surface area contributed by atoms with Crippen LogP contribution in [0.2, 0.25) is 0 Å². The summed E-state index contributed by atoms with van der Waals surface area (Å²) in [6.45, 7) is 4.22. The molecule has 0 aromatic heterocycles. The van der Waals surface area contributed by atoms with Gasteiger partial charge in [0.1, 0.15) is 11.5 Å². The highest BCUT2D eigenvalue weighted by Gasteiger charge is 2.10. The van der Waals surface area contributed by atoms with E-state index in [1.54, 1.807) is 0 Å². The third-order valence-electron chi connectivity index (χ3n) is 3.89. The fourth-order valence-corrected chi connectivity index (χ4v) is 2.61. The van der Waals surface area contributed by atoms with Gasteiger partial charge in [-0.1, -0.05) is 6.07 Å². The molecule has 0 aliphatic carbocycles. The number of rotatable bonds is 4. The smallest absolute Gasteiger partial charge is 0.129 e. The lowest BCUT2D eigenvalue weighted by Crippen LogP contribution is -2.43. The largest absolute Gasteiger partial charge is 0.457 e. The molecule has 2 aromatic carbocycles. The molecule has 0 atom stereocenters. The van der Waals surface area contributed by atoms with Gasteiger partial charge in [0.05, 0.1) is 0 Å². The Morgan fingerprint density at radius 2 is 1.68 bits per heavy atom. The summed E-state index contributed by atoms with van der Waals surface area (Å²) in [5, 5.41) is 3.37. The standard InChI is InChI=1S/C18H23N3O/c1-20(2)16-4-3-5-18(14-16)22-17-8-6-15(7-9-17)21-12-10-19-11-13-21/h3-9,14,19H,10-13H2,1-2H3. The number of nitrogens with one attached hydrogen (secondary N) is 1. The first-order valence-corrected chi connectivity index (χ1v) is 7.73. The zero-order valence-electron chi connectivity index (χ0n) is 13.2. The average Bonchev–Trinajstić information content (AvgIpc) is 2.56. The summed E-state index contributed by atoms with van der Waals surface area (Å²) in [4.78, 5) is 4.47. The summed E-state index contributed by atoms with van der Waals surface area (Å²) in [6.07, 6.45) is 0. The van der Waals surface area contributed by atoms with Crippen LogP contribution >= 0.6 is 0 Å². The van der Waals surface area contributed by atoms with Crippen LogP contribution in [-0.2, 0) is 0 Å². The highest BCUT2D eigenvalue weighted by Crippen LogP contribution is 2.27. The van der Waals surface area contributed by atoms with E-state index in [4.69, 9.17) is 4.74 Å². The van der Waals surface area contributed by atoms with Crippen molar-refractivity contribution in [3.05, 3.63) is 48.5 Å². The second-order valence-corrected chi connectivity index (χ2v) is 5.72. The first-order valence-electron chi connectivity index (χ1n) is 7.73. The maximum Gasteiger partial charge on any atom is 0.129 e. The molecule has 0 radical (unpaired) electrons. The van der Waals surface area contributed by atoms with E-state index in [2.05, 4.69) is 33.3 Å². The lowest BCUT2D eigenvalue weighted by atomic mass is 10.2. The number of piperazine rings is 1. The van der Waals surface area contributed by atoms with Crippen molar-refractivity contribution < 1.29 is 4.74 Å². The van der Waals surface area contributed by atoms with Crippen LogP contribution in [0.3, 0.4) is 0 Å². The van der Waals surface area contributed by atoms with Gasteiger partial charge in [-0.15, -0.1) is 0 Å². The van der Waals surface area contributed by atoms with E-state index < -0.39 is 0 Å². The van der Waals surface area contributed by atoms with E-state index in [-0.39, 0.29) is 0 Å². The summed E-state index contributed by atoms with van der Waals surface area (Å²) in [6, 6.07) is 16.5. The maximum atomic E-state index is 5.95. The number of benzene rings is 2. The van der Waals surface area contributed by atoms with Gasteiger partial charge in [-0.2, -0.15) is 0 Å². The van der Waals surface area contributed by atoms with Gasteiger partial charge >= 0.3 is 0 Å². The highest BCUT2D eigenvalue weighted by atomic mass is 16.5. The van der Waals surface area contributed by atoms with Crippen LogP contribution in [0.1, 0.15) is 0 Å². The van der Waals surface area contributed by atoms with Crippen molar-refractivity contribution in [3.63, 3.8) is 0 Å². The molecule has 116 valence electrons. The molecule has 1 aliphatic heterocycles. The zero-order valence-corrected chi connectivity index (χ0v) is 13.2. The minimum absolute atomic E-state index is 0.862. The molecule has 0 bridgehead atoms. The van der Waals surface area contributed by atoms with E-state index in [1.165, 1.54) is 5.69 Å². The first kappa shape index (κ1) is 14.7. The Bertz CT molecular complexity index is 604. The van der Waals surface area contributed by atoms with Gasteiger partial charge in [-0.05, 0) is 36.4 Å². The number of nitrogens with zero attached hydrogens (tertiary/aromatic N) is 2. The van der Waals surface area contributed by atoms with Gasteiger partial charge in [-0.25, -0.2) is 0 Å². The predicted octanol–water partition coefficient (Wildman–Crippen LogP) is 2.95. The van der Waals surface area contributed by atoms with Crippen molar-refractivity contribution in [2.75, 3.05) is 50.1 Å². The molecular formula is C18H23N3O. The summed E-state index contributed by atoms with van der Waals surface area (Å²) < 4.78 is 5.95. The Morgan fingerprint density at radius 1 is 0.955 bits per heavy atom. The van der Waals surface area contributed by atoms with Crippen molar-refractivity contribution >= 4 is 11.4 Å². The van der Waals surface area contributed by atoms with Crippen molar-refractivity contribution in [2.24, 2.45) is 0 Å². The zero-order chi connectivity index (χ0) is 15.4. The quantitative estimate of drug-likeness (QED) is 0.939. The Kier molecular flexibility index (Phi) is 4.49. The van der Waals surface area contributed by atoms with Crippen molar-refractivity contribution in [1.29, 1.82) is 0 Å². The molecule has 1 heterocycles. The van der Waals surface area contributed by atoms with E-state index in [0.29, 0.717) is 0 Å². The molecule has 0 unspecified atom stereocenters. The van der Waals surface area contributed by atoms with Gasteiger partial charge in [-0.3, -0.25) is 0 Å². The van der Waals surface area contributed by atoms with Crippen LogP contribution in [0.25, 0.3) is 0 Å². The van der Waals surface area contributed by atoms with Gasteiger partial charge in [0.15, 0.2) is 0 Å². The molecule has 1 fully saturated rings. The fraction of sp³-hybridized carbons (Fsp3) is 0.333. The third kappa shape index (κ3) is 3.52. The number of hydrogen-bond donors (Lipinski definition) is 1. The lowest BCUT2D eigenvalue weighted by molar-refractivity contribution is 0.482. The molecule has 0 saturated carbocycles. The maximum absolute atomic E-state index is 5.95. The SMILES string of the molecule is CN(C)c1cccc(Oc2ccc(N3CCNCC3)cc2)c1. The third-order valence-corrected chi connectivity index (χ3v) is 3.89. The molecule has 0 amide bonds. The first-order chi connectivity index (χ1) is 10.7. The van der Waals surface area contributed by atoms with Gasteiger partial charge in [0, 0.05) is 57.7 Å². The summed E-state index contributed by atoms with van der Waals surface area (Å²) in [5.41, 5.74) is 2.39. The van der Waals surface area contributed by atoms with Gasteiger partial charge in [0.25, 0.3) is 0 Å². The number of ether oxygens (including phenoxy) is 1. The van der Waals surface area contributed by atoms with Crippen molar-refractivity contribution in [3.8, 4) is 11.5 Å². The van der Waals surface area contributed by atoms with Crippen LogP contribution in [0.5, 0.6) is 11.5 Å². The van der Waals surface area contributed by atoms with Crippen LogP contribution in [0.4, 0.5) is 11.4 Å². The van der Waals surface area contributed by atoms with Crippen molar-refractivity contribution in [2.45, 2.75) is 0 Å². The van der Waals surface area contributed by atoms with E-state index in [0.717, 1.165) is 43.4 Å². The van der Waals surface area contributed by atoms with Crippen LogP contribution in [0.15, 0.2) is 48.5 Å². The van der Waals surface area contributed by atoms with Crippen LogP contribution in [-0.4, -0.2) is 40.3 Å². The fourth-order valence-electron chi connectivity index (χ4n) is 2.61. The molecule has 22 heavy (non-hydrogen) atoms. The Hall–Kier alpha value is -2.20. The van der Waals surface area contributed by atoms with E-state index in [1.807, 2.05) is 44.4 Å². The Labute approximate surface area is 132 Å². The molecular weight excluding hydrogens is 274 g/mol. The molecule has 2 aromatic rings. The van der Waals surface area contributed by atoms with E-state index >= 15 is 0 Å². The summed E-state index contributed by atoms with van der Waals surface area (Å²) in [7, 11) is 4.06. The summed E-state index contributed by atoms with van der Waals surface area (Å²) >= 11 is 0. The highest BCUT2D eigenvalue weighted by molar-refractivity contribution is 5.52. The van der Waals surface area contributed by atoms with Crippen LogP contribution in [0, 0.1) is 0 Å². The number of hydrogen-bond acceptors (Lipinski definition) is 4. The molecule has 3 rings (SSSR count).